The van der Waals surface area contributed by atoms with Gasteiger partial charge < -0.3 is 10.0 Å². The van der Waals surface area contributed by atoms with Gasteiger partial charge in [-0.3, -0.25) is 4.79 Å². The predicted octanol–water partition coefficient (Wildman–Crippen LogP) is 5.86. The molecule has 0 radical (unpaired) electrons. The van der Waals surface area contributed by atoms with Crippen molar-refractivity contribution in [2.24, 2.45) is 0 Å². The molecule has 31 heavy (non-hydrogen) atoms. The lowest BCUT2D eigenvalue weighted by atomic mass is 9.75. The van der Waals surface area contributed by atoms with Gasteiger partial charge in [0.25, 0.3) is 0 Å². The molecule has 5 nitrogen and oxygen atoms in total. The third kappa shape index (κ3) is 4.98. The average Bonchev–Trinajstić information content (AvgIpc) is 3.16. The molecule has 1 N–H and O–H groups in total. The van der Waals surface area contributed by atoms with Gasteiger partial charge in [-0.15, -0.1) is 5.10 Å². The second kappa shape index (κ2) is 8.22. The average molecular weight is 420 g/mol. The van der Waals surface area contributed by atoms with Crippen molar-refractivity contribution in [3.8, 4) is 5.69 Å². The number of nitrogens with zero attached hydrogens (tertiary/aromatic N) is 3. The van der Waals surface area contributed by atoms with Crippen LogP contribution >= 0.6 is 0 Å². The molecule has 1 aromatic heterocycles. The van der Waals surface area contributed by atoms with Crippen LogP contribution in [0.3, 0.4) is 0 Å². The first-order valence-corrected chi connectivity index (χ1v) is 10.6. The smallest absolute Gasteiger partial charge is 0.307 e. The van der Waals surface area contributed by atoms with E-state index in [1.165, 1.54) is 0 Å². The Kier molecular flexibility index (Phi) is 5.99. The second-order valence-electron chi connectivity index (χ2n) is 10.1. The van der Waals surface area contributed by atoms with Gasteiger partial charge in [0.05, 0.1) is 12.1 Å². The third-order valence-corrected chi connectivity index (χ3v) is 5.51. The minimum Gasteiger partial charge on any atom is -0.481 e. The van der Waals surface area contributed by atoms with E-state index in [4.69, 9.17) is 5.10 Å². The molecule has 0 aliphatic rings. The van der Waals surface area contributed by atoms with E-state index < -0.39 is 5.97 Å². The van der Waals surface area contributed by atoms with Crippen LogP contribution in [-0.4, -0.2) is 27.9 Å². The third-order valence-electron chi connectivity index (χ3n) is 5.51. The lowest BCUT2D eigenvalue weighted by molar-refractivity contribution is -0.136. The topological polar surface area (TPSA) is 58.4 Å². The van der Waals surface area contributed by atoms with Crippen molar-refractivity contribution in [3.05, 3.63) is 71.4 Å². The van der Waals surface area contributed by atoms with Crippen LogP contribution in [0.4, 0.5) is 11.5 Å². The Morgan fingerprint density at radius 1 is 0.968 bits per heavy atom. The molecule has 1 heterocycles. The highest BCUT2D eigenvalue weighted by Gasteiger charge is 2.28. The number of aromatic nitrogens is 2. The standard InChI is InChI=1S/C26H33N3O2/c1-25(2,3)21-15-19(16-22(26(4,5)6)20(21)17-24(30)31)28(7)23-13-14-29(27-23)18-11-9-8-10-12-18/h8-16H,17H2,1-7H3,(H,30,31). The van der Waals surface area contributed by atoms with Gasteiger partial charge in [-0.1, -0.05) is 59.7 Å². The number of hydrogen-bond donors (Lipinski definition) is 1. The highest BCUT2D eigenvalue weighted by molar-refractivity contribution is 5.74. The van der Waals surface area contributed by atoms with E-state index in [0.29, 0.717) is 0 Å². The number of carboxylic acids is 1. The molecule has 3 aromatic rings. The lowest BCUT2D eigenvalue weighted by Crippen LogP contribution is -2.24. The van der Waals surface area contributed by atoms with Gasteiger partial charge >= 0.3 is 5.97 Å². The molecule has 0 amide bonds. The van der Waals surface area contributed by atoms with Gasteiger partial charge in [0.15, 0.2) is 5.82 Å². The van der Waals surface area contributed by atoms with E-state index >= 15 is 0 Å². The minimum atomic E-state index is -0.807. The molecule has 2 aromatic carbocycles. The SMILES string of the molecule is CN(c1cc(C(C)(C)C)c(CC(=O)O)c(C(C)(C)C)c1)c1ccn(-c2ccccc2)n1. The summed E-state index contributed by atoms with van der Waals surface area (Å²) in [6, 6.07) is 16.2. The van der Waals surface area contributed by atoms with E-state index in [1.54, 1.807) is 0 Å². The van der Waals surface area contributed by atoms with Gasteiger partial charge in [0.2, 0.25) is 0 Å². The molecule has 0 saturated carbocycles. The number of aliphatic carboxylic acids is 1. The summed E-state index contributed by atoms with van der Waals surface area (Å²) < 4.78 is 1.86. The van der Waals surface area contributed by atoms with Crippen molar-refractivity contribution in [2.75, 3.05) is 11.9 Å². The van der Waals surface area contributed by atoms with Crippen LogP contribution in [-0.2, 0) is 22.0 Å². The summed E-state index contributed by atoms with van der Waals surface area (Å²) in [4.78, 5) is 13.7. The van der Waals surface area contributed by atoms with Crippen molar-refractivity contribution in [1.82, 2.24) is 9.78 Å². The highest BCUT2D eigenvalue weighted by atomic mass is 16.4. The molecule has 164 valence electrons. The first kappa shape index (κ1) is 22.6. The summed E-state index contributed by atoms with van der Waals surface area (Å²) >= 11 is 0. The maximum atomic E-state index is 11.7. The Bertz CT molecular complexity index is 1040. The largest absolute Gasteiger partial charge is 0.481 e. The monoisotopic (exact) mass is 419 g/mol. The van der Waals surface area contributed by atoms with Crippen molar-refractivity contribution in [2.45, 2.75) is 58.8 Å². The van der Waals surface area contributed by atoms with Gasteiger partial charge in [-0.25, -0.2) is 4.68 Å². The molecule has 0 aliphatic carbocycles. The van der Waals surface area contributed by atoms with Gasteiger partial charge in [0, 0.05) is 25.0 Å². The number of hydrogen-bond acceptors (Lipinski definition) is 3. The van der Waals surface area contributed by atoms with Gasteiger partial charge in [-0.2, -0.15) is 0 Å². The van der Waals surface area contributed by atoms with Crippen LogP contribution in [0.15, 0.2) is 54.7 Å². The Morgan fingerprint density at radius 3 is 2.00 bits per heavy atom. The van der Waals surface area contributed by atoms with Crippen LogP contribution < -0.4 is 4.90 Å². The molecular formula is C26H33N3O2. The molecule has 5 heteroatoms. The van der Waals surface area contributed by atoms with Crippen LogP contribution in [0.2, 0.25) is 0 Å². The summed E-state index contributed by atoms with van der Waals surface area (Å²) in [6.07, 6.45) is 1.97. The zero-order valence-corrected chi connectivity index (χ0v) is 19.6. The van der Waals surface area contributed by atoms with E-state index in [0.717, 1.165) is 33.9 Å². The van der Waals surface area contributed by atoms with Gasteiger partial charge in [-0.05, 0) is 51.8 Å². The van der Waals surface area contributed by atoms with E-state index in [9.17, 15) is 9.90 Å². The maximum Gasteiger partial charge on any atom is 0.307 e. The molecule has 0 aliphatic heterocycles. The van der Waals surface area contributed by atoms with E-state index in [1.807, 2.05) is 54.3 Å². The molecule has 3 rings (SSSR count). The summed E-state index contributed by atoms with van der Waals surface area (Å²) in [5.74, 6) is 0.0215. The molecular weight excluding hydrogens is 386 g/mol. The molecule has 0 bridgehead atoms. The minimum absolute atomic E-state index is 0.0197. The van der Waals surface area contributed by atoms with E-state index in [-0.39, 0.29) is 17.3 Å². The molecule has 0 spiro atoms. The summed E-state index contributed by atoms with van der Waals surface area (Å²) in [5, 5.41) is 14.4. The van der Waals surface area contributed by atoms with Crippen LogP contribution in [0, 0.1) is 0 Å². The highest BCUT2D eigenvalue weighted by Crippen LogP contribution is 2.39. The molecule has 0 fully saturated rings. The van der Waals surface area contributed by atoms with Gasteiger partial charge in [0.1, 0.15) is 0 Å². The second-order valence-corrected chi connectivity index (χ2v) is 10.1. The fourth-order valence-electron chi connectivity index (χ4n) is 3.88. The number of benzene rings is 2. The Labute approximate surface area is 185 Å². The van der Waals surface area contributed by atoms with Crippen molar-refractivity contribution in [1.29, 1.82) is 0 Å². The molecule has 0 unspecified atom stereocenters. The zero-order valence-electron chi connectivity index (χ0n) is 19.6. The summed E-state index contributed by atoms with van der Waals surface area (Å²) in [5.41, 5.74) is 4.67. The Hall–Kier alpha value is -3.08. The summed E-state index contributed by atoms with van der Waals surface area (Å²) in [6.45, 7) is 12.8. The number of anilines is 2. The van der Waals surface area contributed by atoms with Crippen molar-refractivity contribution >= 4 is 17.5 Å². The molecule has 0 saturated heterocycles. The number of carbonyl (C=O) groups is 1. The van der Waals surface area contributed by atoms with Crippen LogP contribution in [0.25, 0.3) is 5.69 Å². The van der Waals surface area contributed by atoms with Crippen molar-refractivity contribution in [3.63, 3.8) is 0 Å². The first-order valence-electron chi connectivity index (χ1n) is 10.6. The normalized spacial score (nSPS) is 12.1. The lowest BCUT2D eigenvalue weighted by Gasteiger charge is -2.32. The number of carboxylic acid groups (broad SMARTS) is 1. The molecule has 0 atom stereocenters. The quantitative estimate of drug-likeness (QED) is 0.562. The van der Waals surface area contributed by atoms with Crippen LogP contribution in [0.1, 0.15) is 58.2 Å². The Morgan fingerprint density at radius 2 is 1.52 bits per heavy atom. The van der Waals surface area contributed by atoms with E-state index in [2.05, 4.69) is 58.6 Å². The van der Waals surface area contributed by atoms with Crippen molar-refractivity contribution < 1.29 is 9.90 Å². The zero-order chi connectivity index (χ0) is 23.0. The summed E-state index contributed by atoms with van der Waals surface area (Å²) in [7, 11) is 2.00. The number of para-hydroxylation sites is 1. The maximum absolute atomic E-state index is 11.7. The Balaban J connectivity index is 2.13. The fourth-order valence-corrected chi connectivity index (χ4v) is 3.88. The first-order chi connectivity index (χ1) is 14.4. The fraction of sp³-hybridized carbons (Fsp3) is 0.385. The van der Waals surface area contributed by atoms with Crippen LogP contribution in [0.5, 0.6) is 0 Å². The number of rotatable bonds is 5. The predicted molar refractivity (Wildman–Crippen MR) is 127 cm³/mol.